The number of amides is 6. The zero-order valence-corrected chi connectivity index (χ0v) is 46.3. The molecule has 2 aromatic carbocycles. The fourth-order valence-electron chi connectivity index (χ4n) is 7.98. The Labute approximate surface area is 450 Å². The normalized spacial score (nSPS) is 13.4. The van der Waals surface area contributed by atoms with Gasteiger partial charge in [-0.05, 0) is 47.7 Å². The largest absolute Gasteiger partial charge is 0.480 e. The van der Waals surface area contributed by atoms with Gasteiger partial charge in [-0.15, -0.1) is 0 Å². The van der Waals surface area contributed by atoms with Crippen molar-refractivity contribution < 1.29 is 71.1 Å². The molecule has 2 heterocycles. The van der Waals surface area contributed by atoms with Crippen molar-refractivity contribution in [3.05, 3.63) is 95.8 Å². The van der Waals surface area contributed by atoms with Gasteiger partial charge in [0.05, 0.1) is 71.9 Å². The lowest BCUT2D eigenvalue weighted by molar-refractivity contribution is -0.153. The number of ether oxygens (including phenoxy) is 5. The molecule has 2 atom stereocenters. The number of carboxylic acid groups (broad SMARTS) is 1. The van der Waals surface area contributed by atoms with Crippen LogP contribution in [0.5, 0.6) is 0 Å². The monoisotopic (exact) mass is 1100 g/mol. The molecular weight excluding hydrogens is 1030 g/mol. The van der Waals surface area contributed by atoms with Crippen molar-refractivity contribution in [3.8, 4) is 11.1 Å². The Balaban J connectivity index is 1.40. The number of nitrogens with one attached hydrogen (secondary N) is 2. The summed E-state index contributed by atoms with van der Waals surface area (Å²) in [5.74, 6) is -5.83. The summed E-state index contributed by atoms with van der Waals surface area (Å²) in [5, 5.41) is 15.6. The number of carbonyl (C=O) groups excluding carboxylic acids is 6. The highest BCUT2D eigenvalue weighted by atomic mass is 32.1. The first-order chi connectivity index (χ1) is 36.1. The van der Waals surface area contributed by atoms with Gasteiger partial charge in [0, 0.05) is 75.2 Å². The lowest BCUT2D eigenvalue weighted by Crippen LogP contribution is -2.53. The maximum absolute atomic E-state index is 15.4. The minimum Gasteiger partial charge on any atom is -0.480 e. The van der Waals surface area contributed by atoms with Crippen molar-refractivity contribution >= 4 is 62.3 Å². The first-order valence-electron chi connectivity index (χ1n) is 25.2. The van der Waals surface area contributed by atoms with E-state index in [4.69, 9.17) is 23.7 Å². The number of hydrogen-bond donors (Lipinski definition) is 4. The maximum atomic E-state index is 15.4. The lowest BCUT2D eigenvalue weighted by atomic mass is 9.82. The average Bonchev–Trinajstić information content (AvgIpc) is 3.90. The molecule has 418 valence electrons. The molecule has 3 N–H and O–H groups in total. The molecule has 76 heavy (non-hydrogen) atoms. The highest BCUT2D eigenvalue weighted by Gasteiger charge is 2.39. The Bertz CT molecular complexity index is 2420. The number of nitrogens with zero attached hydrogens (tertiary/aromatic N) is 4. The fraction of sp³-hybridized carbons (Fsp3) is 0.528. The molecule has 1 aliphatic heterocycles. The maximum Gasteiger partial charge on any atom is 0.407 e. The SMILES string of the molecule is CC(C)(C)[C@H](c1cc(-c2cc(F)ccc2F)cn1Cc1ccccc1)N(CCCNC(=O)OCC[Si](C)(C)C)C(=O)CN(C(=O)CCOCCOCCOCCOCCNC(=O)CN1C(=O)C=CC1=O)[C@@H](CS)C(=O)O. The number of rotatable bonds is 34. The first-order valence-corrected chi connectivity index (χ1v) is 29.6. The summed E-state index contributed by atoms with van der Waals surface area (Å²) in [6, 6.07) is 12.8. The summed E-state index contributed by atoms with van der Waals surface area (Å²) in [4.78, 5) is 92.9. The van der Waals surface area contributed by atoms with Gasteiger partial charge in [0.25, 0.3) is 11.8 Å². The molecule has 3 aromatic rings. The predicted octanol–water partition coefficient (Wildman–Crippen LogP) is 5.56. The van der Waals surface area contributed by atoms with E-state index in [1.54, 1.807) is 17.2 Å². The van der Waals surface area contributed by atoms with Crippen LogP contribution in [0.4, 0.5) is 13.6 Å². The van der Waals surface area contributed by atoms with Crippen LogP contribution in [0.15, 0.2) is 72.9 Å². The minimum absolute atomic E-state index is 0.0132. The summed E-state index contributed by atoms with van der Waals surface area (Å²) in [6.45, 7) is 13.4. The third kappa shape index (κ3) is 21.2. The van der Waals surface area contributed by atoms with Gasteiger partial charge in [0.15, 0.2) is 0 Å². The van der Waals surface area contributed by atoms with Gasteiger partial charge in [0.2, 0.25) is 17.7 Å². The summed E-state index contributed by atoms with van der Waals surface area (Å²) in [6.07, 6.45) is 3.26. The van der Waals surface area contributed by atoms with Crippen molar-refractivity contribution in [1.29, 1.82) is 0 Å². The number of halogens is 2. The van der Waals surface area contributed by atoms with E-state index in [2.05, 4.69) is 42.9 Å². The zero-order valence-electron chi connectivity index (χ0n) is 44.4. The molecule has 1 aliphatic rings. The van der Waals surface area contributed by atoms with Gasteiger partial charge in [-0.2, -0.15) is 12.6 Å². The standard InChI is InChI=1S/C53H74F2N6O13SSi/c1-53(2,3)50(43-31-39(41-32-40(54)13-14-42(41)55)34-58(43)33-38-11-8-7-9-12-38)59(20-10-18-57-52(69)74-29-30-76(4,5)6)49(66)36-60(44(37-75)51(67)68)48(65)17-21-70-23-25-72-27-28-73-26-24-71-22-19-56-45(62)35-61-46(63)15-16-47(61)64/h7-9,11-16,31-32,34,44,50,75H,10,17-30,33,35-37H2,1-6H3,(H,56,62)(H,57,69)(H,67,68)/t44-,50-/m0/s1. The molecule has 0 aliphatic carbocycles. The van der Waals surface area contributed by atoms with E-state index in [-0.39, 0.29) is 116 Å². The molecule has 0 unspecified atom stereocenters. The first kappa shape index (κ1) is 62.6. The predicted molar refractivity (Wildman–Crippen MR) is 285 cm³/mol. The highest BCUT2D eigenvalue weighted by Crippen LogP contribution is 2.41. The van der Waals surface area contributed by atoms with E-state index in [0.29, 0.717) is 11.3 Å². The van der Waals surface area contributed by atoms with Gasteiger partial charge in [-0.3, -0.25) is 28.9 Å². The number of aliphatic carboxylic acids is 1. The van der Waals surface area contributed by atoms with Crippen LogP contribution < -0.4 is 10.6 Å². The van der Waals surface area contributed by atoms with E-state index in [1.807, 2.05) is 55.7 Å². The smallest absolute Gasteiger partial charge is 0.407 e. The van der Waals surface area contributed by atoms with Crippen LogP contribution in [-0.4, -0.2) is 178 Å². The number of imide groups is 1. The molecule has 0 saturated heterocycles. The molecule has 19 nitrogen and oxygen atoms in total. The highest BCUT2D eigenvalue weighted by molar-refractivity contribution is 7.80. The molecule has 1 aromatic heterocycles. The fourth-order valence-corrected chi connectivity index (χ4v) is 9.05. The Hall–Kier alpha value is -5.98. The Kier molecular flexibility index (Phi) is 25.8. The number of alkyl carbamates (subject to hydrolysis) is 1. The minimum atomic E-state index is -1.50. The Morgan fingerprint density at radius 3 is 1.99 bits per heavy atom. The van der Waals surface area contributed by atoms with Crippen molar-refractivity contribution in [1.82, 2.24) is 29.9 Å². The second-order valence-corrected chi connectivity index (χ2v) is 26.2. The third-order valence-electron chi connectivity index (χ3n) is 11.8. The Morgan fingerprint density at radius 2 is 1.39 bits per heavy atom. The van der Waals surface area contributed by atoms with Crippen molar-refractivity contribution in [2.75, 3.05) is 97.9 Å². The van der Waals surface area contributed by atoms with E-state index in [9.17, 15) is 38.3 Å². The number of hydrogen-bond acceptors (Lipinski definition) is 13. The number of carbonyl (C=O) groups is 7. The summed E-state index contributed by atoms with van der Waals surface area (Å²) in [7, 11) is -1.48. The average molecular weight is 1100 g/mol. The zero-order chi connectivity index (χ0) is 55.8. The second kappa shape index (κ2) is 31.3. The molecule has 0 fully saturated rings. The molecule has 0 spiro atoms. The van der Waals surface area contributed by atoms with Crippen LogP contribution in [0.25, 0.3) is 11.1 Å². The van der Waals surface area contributed by atoms with Crippen LogP contribution in [-0.2, 0) is 59.0 Å². The lowest BCUT2D eigenvalue weighted by Gasteiger charge is -2.42. The molecule has 6 amide bonds. The van der Waals surface area contributed by atoms with E-state index in [1.165, 1.54) is 0 Å². The van der Waals surface area contributed by atoms with Crippen LogP contribution in [0.3, 0.4) is 0 Å². The summed E-state index contributed by atoms with van der Waals surface area (Å²) >= 11 is 4.26. The van der Waals surface area contributed by atoms with Gasteiger partial charge in [-0.1, -0.05) is 70.7 Å². The van der Waals surface area contributed by atoms with Crippen molar-refractivity contribution in [3.63, 3.8) is 0 Å². The second-order valence-electron chi connectivity index (χ2n) is 20.2. The summed E-state index contributed by atoms with van der Waals surface area (Å²) in [5.41, 5.74) is 1.05. The topological polar surface area (TPSA) is 225 Å². The Morgan fingerprint density at radius 1 is 0.776 bits per heavy atom. The molecule has 4 rings (SSSR count). The van der Waals surface area contributed by atoms with Crippen LogP contribution in [0.1, 0.15) is 50.9 Å². The number of carboxylic acids is 1. The van der Waals surface area contributed by atoms with Crippen molar-refractivity contribution in [2.24, 2.45) is 5.41 Å². The van der Waals surface area contributed by atoms with Crippen LogP contribution in [0.2, 0.25) is 25.7 Å². The van der Waals surface area contributed by atoms with Crippen LogP contribution in [0, 0.1) is 17.0 Å². The van der Waals surface area contributed by atoms with Gasteiger partial charge >= 0.3 is 12.1 Å². The third-order valence-corrected chi connectivity index (χ3v) is 13.9. The quantitative estimate of drug-likeness (QED) is 0.0249. The number of thiol groups is 1. The molecule has 23 heteroatoms. The molecule has 0 radical (unpaired) electrons. The van der Waals surface area contributed by atoms with E-state index < -0.39 is 85.4 Å². The number of aromatic nitrogens is 1. The van der Waals surface area contributed by atoms with Crippen LogP contribution >= 0.6 is 12.6 Å². The molecule has 0 bridgehead atoms. The van der Waals surface area contributed by atoms with E-state index in [0.717, 1.165) is 51.8 Å². The summed E-state index contributed by atoms with van der Waals surface area (Å²) < 4.78 is 59.5. The van der Waals surface area contributed by atoms with Gasteiger partial charge in [-0.25, -0.2) is 18.4 Å². The molecular formula is C53H74F2N6O13SSi. The number of benzene rings is 2. The van der Waals surface area contributed by atoms with E-state index >= 15 is 9.18 Å². The van der Waals surface area contributed by atoms with Crippen molar-refractivity contribution in [2.45, 2.75) is 77.9 Å². The van der Waals surface area contributed by atoms with Gasteiger partial charge in [0.1, 0.15) is 30.8 Å². The van der Waals surface area contributed by atoms with Gasteiger partial charge < -0.3 is 53.8 Å². The molecule has 0 saturated carbocycles.